The third-order valence-corrected chi connectivity index (χ3v) is 6.90. The first-order valence-corrected chi connectivity index (χ1v) is 11.5. The molecule has 3 aromatic carbocycles. The summed E-state index contributed by atoms with van der Waals surface area (Å²) in [5.41, 5.74) is 1.72. The van der Waals surface area contributed by atoms with Crippen molar-refractivity contribution in [3.8, 4) is 11.5 Å². The molecule has 4 nitrogen and oxygen atoms in total. The fourth-order valence-corrected chi connectivity index (χ4v) is 5.08. The Labute approximate surface area is 195 Å². The number of fused-ring (bicyclic) bond motifs is 2. The van der Waals surface area contributed by atoms with Crippen molar-refractivity contribution in [2.45, 2.75) is 56.8 Å². The van der Waals surface area contributed by atoms with Gasteiger partial charge in [0.1, 0.15) is 17.1 Å². The van der Waals surface area contributed by atoms with Crippen molar-refractivity contribution >= 4 is 28.3 Å². The number of benzene rings is 3. The zero-order valence-corrected chi connectivity index (χ0v) is 18.7. The van der Waals surface area contributed by atoms with Crippen LogP contribution in [0.5, 0.6) is 11.5 Å². The predicted octanol–water partition coefficient (Wildman–Crippen LogP) is 6.59. The number of para-hydroxylation sites is 1. The molecule has 0 aromatic heterocycles. The van der Waals surface area contributed by atoms with Gasteiger partial charge in [0, 0.05) is 28.8 Å². The van der Waals surface area contributed by atoms with Crippen molar-refractivity contribution < 1.29 is 23.0 Å². The molecule has 0 bridgehead atoms. The number of hydrogen-bond donors (Lipinski definition) is 1. The van der Waals surface area contributed by atoms with Crippen molar-refractivity contribution in [2.24, 2.45) is 0 Å². The molecule has 1 fully saturated rings. The summed E-state index contributed by atoms with van der Waals surface area (Å²) in [4.78, 5) is 12.9. The molecular weight excluding hydrogens is 448 g/mol. The van der Waals surface area contributed by atoms with E-state index in [0.717, 1.165) is 47.9 Å². The van der Waals surface area contributed by atoms with Crippen LogP contribution in [0.4, 0.5) is 8.78 Å². The van der Waals surface area contributed by atoms with Crippen molar-refractivity contribution in [1.29, 1.82) is 0 Å². The number of rotatable bonds is 6. The topological polar surface area (TPSA) is 47.6 Å². The molecule has 1 N–H and O–H groups in total. The van der Waals surface area contributed by atoms with E-state index in [1.807, 2.05) is 24.3 Å². The van der Waals surface area contributed by atoms with Crippen molar-refractivity contribution in [1.82, 2.24) is 5.32 Å². The van der Waals surface area contributed by atoms with Crippen LogP contribution in [0.3, 0.4) is 0 Å². The Balaban J connectivity index is 1.32. The zero-order chi connectivity index (χ0) is 23.0. The maximum absolute atomic E-state index is 12.9. The minimum absolute atomic E-state index is 0.0544. The summed E-state index contributed by atoms with van der Waals surface area (Å²) in [6.07, 6.45) is 4.68. The molecular formula is C26H24ClF2NO3. The molecule has 0 saturated heterocycles. The Morgan fingerprint density at radius 3 is 2.73 bits per heavy atom. The van der Waals surface area contributed by atoms with Crippen molar-refractivity contribution in [3.05, 3.63) is 70.7 Å². The summed E-state index contributed by atoms with van der Waals surface area (Å²) >= 11 is 6.08. The van der Waals surface area contributed by atoms with Gasteiger partial charge in [-0.05, 0) is 60.9 Å². The summed E-state index contributed by atoms with van der Waals surface area (Å²) in [7, 11) is 0. The summed E-state index contributed by atoms with van der Waals surface area (Å²) in [5, 5.41) is 4.88. The van der Waals surface area contributed by atoms with Gasteiger partial charge in [-0.25, -0.2) is 0 Å². The quantitative estimate of drug-likeness (QED) is 0.441. The van der Waals surface area contributed by atoms with Gasteiger partial charge >= 0.3 is 6.61 Å². The number of nitrogens with one attached hydrogen (secondary N) is 1. The van der Waals surface area contributed by atoms with Crippen LogP contribution in [0.15, 0.2) is 54.6 Å². The third-order valence-electron chi connectivity index (χ3n) is 6.66. The van der Waals surface area contributed by atoms with Crippen LogP contribution in [-0.4, -0.2) is 18.1 Å². The molecule has 0 unspecified atom stereocenters. The van der Waals surface area contributed by atoms with Crippen LogP contribution >= 0.6 is 11.6 Å². The molecule has 1 atom stereocenters. The molecule has 7 heteroatoms. The zero-order valence-electron chi connectivity index (χ0n) is 18.0. The number of ether oxygens (including phenoxy) is 2. The van der Waals surface area contributed by atoms with Gasteiger partial charge in [-0.1, -0.05) is 41.9 Å². The first-order chi connectivity index (χ1) is 15.9. The molecule has 3 aromatic rings. The highest BCUT2D eigenvalue weighted by Gasteiger charge is 2.45. The van der Waals surface area contributed by atoms with Crippen molar-refractivity contribution in [2.75, 3.05) is 0 Å². The van der Waals surface area contributed by atoms with Crippen LogP contribution in [0.1, 0.15) is 49.3 Å². The molecule has 5 rings (SSSR count). The molecule has 172 valence electrons. The van der Waals surface area contributed by atoms with Crippen LogP contribution in [-0.2, 0) is 11.2 Å². The minimum atomic E-state index is -2.93. The SMILES string of the molecule is O=C(CCc1ccc(OC(F)F)c2cc(Cl)ccc12)N[C@@H]1CC2(CCC2)Oc2ccccc21. The lowest BCUT2D eigenvalue weighted by Gasteiger charge is -2.48. The molecule has 1 amide bonds. The highest BCUT2D eigenvalue weighted by molar-refractivity contribution is 6.31. The first-order valence-electron chi connectivity index (χ1n) is 11.2. The van der Waals surface area contributed by atoms with Crippen molar-refractivity contribution in [3.63, 3.8) is 0 Å². The van der Waals surface area contributed by atoms with Gasteiger partial charge in [0.25, 0.3) is 0 Å². The second-order valence-corrected chi connectivity index (χ2v) is 9.23. The van der Waals surface area contributed by atoms with Crippen LogP contribution in [0, 0.1) is 0 Å². The summed E-state index contributed by atoms with van der Waals surface area (Å²) < 4.78 is 36.5. The first kappa shape index (κ1) is 22.0. The van der Waals surface area contributed by atoms with E-state index >= 15 is 0 Å². The Morgan fingerprint density at radius 1 is 1.15 bits per heavy atom. The Kier molecular flexibility index (Phi) is 5.87. The van der Waals surface area contributed by atoms with Gasteiger partial charge in [-0.3, -0.25) is 4.79 Å². The summed E-state index contributed by atoms with van der Waals surface area (Å²) in [5.74, 6) is 0.868. The molecule has 1 spiro atoms. The van der Waals surface area contributed by atoms with Gasteiger partial charge in [-0.2, -0.15) is 8.78 Å². The second kappa shape index (κ2) is 8.82. The highest BCUT2D eigenvalue weighted by atomic mass is 35.5. The maximum Gasteiger partial charge on any atom is 0.387 e. The lowest BCUT2D eigenvalue weighted by Crippen LogP contribution is -2.49. The normalized spacial score (nSPS) is 18.5. The monoisotopic (exact) mass is 471 g/mol. The Morgan fingerprint density at radius 2 is 1.97 bits per heavy atom. The van der Waals surface area contributed by atoms with Gasteiger partial charge in [-0.15, -0.1) is 0 Å². The Bertz CT molecular complexity index is 1200. The molecule has 1 aliphatic carbocycles. The summed E-state index contributed by atoms with van der Waals surface area (Å²) in [6.45, 7) is -2.93. The number of carbonyl (C=O) groups is 1. The van der Waals surface area contributed by atoms with E-state index < -0.39 is 6.61 Å². The van der Waals surface area contributed by atoms with Gasteiger partial charge in [0.2, 0.25) is 5.91 Å². The number of aryl methyl sites for hydroxylation is 1. The fraction of sp³-hybridized carbons (Fsp3) is 0.346. The number of hydrogen-bond acceptors (Lipinski definition) is 3. The van der Waals surface area contributed by atoms with E-state index in [1.54, 1.807) is 24.3 Å². The smallest absolute Gasteiger partial charge is 0.387 e. The van der Waals surface area contributed by atoms with E-state index in [2.05, 4.69) is 10.1 Å². The maximum atomic E-state index is 12.9. The second-order valence-electron chi connectivity index (χ2n) is 8.79. The average molecular weight is 472 g/mol. The summed E-state index contributed by atoms with van der Waals surface area (Å²) in [6, 6.07) is 16.1. The number of halogens is 3. The van der Waals surface area contributed by atoms with Crippen LogP contribution in [0.25, 0.3) is 10.8 Å². The predicted molar refractivity (Wildman–Crippen MR) is 123 cm³/mol. The fourth-order valence-electron chi connectivity index (χ4n) is 4.91. The average Bonchev–Trinajstić information content (AvgIpc) is 2.77. The third kappa shape index (κ3) is 4.49. The molecule has 1 heterocycles. The van der Waals surface area contributed by atoms with E-state index in [9.17, 15) is 13.6 Å². The lowest BCUT2D eigenvalue weighted by molar-refractivity contribution is -0.123. The lowest BCUT2D eigenvalue weighted by atomic mass is 9.73. The molecule has 2 aliphatic rings. The van der Waals surface area contributed by atoms with Gasteiger partial charge in [0.05, 0.1) is 6.04 Å². The van der Waals surface area contributed by atoms with E-state index in [4.69, 9.17) is 16.3 Å². The van der Waals surface area contributed by atoms with Gasteiger partial charge < -0.3 is 14.8 Å². The van der Waals surface area contributed by atoms with Crippen LogP contribution < -0.4 is 14.8 Å². The van der Waals surface area contributed by atoms with E-state index in [1.165, 1.54) is 6.07 Å². The number of alkyl halides is 2. The molecule has 0 radical (unpaired) electrons. The van der Waals surface area contributed by atoms with E-state index in [0.29, 0.717) is 16.8 Å². The number of carbonyl (C=O) groups excluding carboxylic acids is 1. The molecule has 1 aliphatic heterocycles. The highest BCUT2D eigenvalue weighted by Crippen LogP contribution is 2.48. The number of amides is 1. The standard InChI is InChI=1S/C26H24ClF2NO3/c27-17-8-9-18-16(6-10-22(20(18)14-17)32-25(28)29)7-11-24(31)30-21-15-26(12-3-13-26)33-23-5-2-1-4-19(21)23/h1-2,4-6,8-10,14,21,25H,3,7,11-13,15H2,(H,30,31)/t21-/m1/s1. The molecule has 33 heavy (non-hydrogen) atoms. The minimum Gasteiger partial charge on any atom is -0.487 e. The Hall–Kier alpha value is -2.86. The largest absolute Gasteiger partial charge is 0.487 e. The van der Waals surface area contributed by atoms with E-state index in [-0.39, 0.29) is 29.7 Å². The molecule has 1 saturated carbocycles. The van der Waals surface area contributed by atoms with Crippen LogP contribution in [0.2, 0.25) is 5.02 Å². The van der Waals surface area contributed by atoms with Gasteiger partial charge in [0.15, 0.2) is 0 Å².